The number of hydrogen-bond acceptors (Lipinski definition) is 4. The fourth-order valence-electron chi connectivity index (χ4n) is 2.43. The Morgan fingerprint density at radius 1 is 0.600 bits per heavy atom. The zero-order valence-electron chi connectivity index (χ0n) is 14.7. The summed E-state index contributed by atoms with van der Waals surface area (Å²) in [5, 5.41) is 8.52. The molecular formula is C21H22N4. The highest BCUT2D eigenvalue weighted by Crippen LogP contribution is 2.21. The van der Waals surface area contributed by atoms with Crippen molar-refractivity contribution in [3.8, 4) is 0 Å². The molecule has 2 N–H and O–H groups in total. The number of hydrazine groups is 1. The zero-order valence-corrected chi connectivity index (χ0v) is 14.7. The van der Waals surface area contributed by atoms with Crippen LogP contribution in [-0.2, 0) is 0 Å². The molecule has 0 unspecified atom stereocenters. The van der Waals surface area contributed by atoms with E-state index in [-0.39, 0.29) is 0 Å². The van der Waals surface area contributed by atoms with Crippen molar-refractivity contribution < 1.29 is 0 Å². The highest BCUT2D eigenvalue weighted by Gasteiger charge is 1.98. The van der Waals surface area contributed by atoms with E-state index in [1.807, 2.05) is 48.5 Å². The molecule has 0 aliphatic rings. The van der Waals surface area contributed by atoms with Crippen LogP contribution in [0.4, 0.5) is 22.7 Å². The Labute approximate surface area is 148 Å². The first-order valence-corrected chi connectivity index (χ1v) is 8.28. The normalized spacial score (nSPS) is 10.8. The summed E-state index contributed by atoms with van der Waals surface area (Å²) in [5.41, 5.74) is 13.8. The second kappa shape index (κ2) is 7.62. The van der Waals surface area contributed by atoms with Gasteiger partial charge >= 0.3 is 0 Å². The van der Waals surface area contributed by atoms with Crippen molar-refractivity contribution in [3.05, 3.63) is 83.4 Å². The maximum atomic E-state index is 4.27. The Hall–Kier alpha value is -3.14. The van der Waals surface area contributed by atoms with Gasteiger partial charge in [-0.3, -0.25) is 0 Å². The van der Waals surface area contributed by atoms with Crippen LogP contribution in [0.15, 0.2) is 77.0 Å². The van der Waals surface area contributed by atoms with E-state index < -0.39 is 0 Å². The summed E-state index contributed by atoms with van der Waals surface area (Å²) < 4.78 is 0. The minimum atomic E-state index is 0.817. The van der Waals surface area contributed by atoms with E-state index in [9.17, 15) is 0 Å². The van der Waals surface area contributed by atoms with E-state index >= 15 is 0 Å². The molecule has 0 aromatic heterocycles. The van der Waals surface area contributed by atoms with Gasteiger partial charge in [0.2, 0.25) is 0 Å². The molecule has 0 radical (unpaired) electrons. The van der Waals surface area contributed by atoms with Crippen LogP contribution in [0, 0.1) is 20.8 Å². The van der Waals surface area contributed by atoms with Gasteiger partial charge in [-0.25, -0.2) is 0 Å². The van der Waals surface area contributed by atoms with E-state index in [0.717, 1.165) is 22.7 Å². The van der Waals surface area contributed by atoms with E-state index in [2.05, 4.69) is 60.1 Å². The molecule has 0 spiro atoms. The maximum absolute atomic E-state index is 4.27. The lowest BCUT2D eigenvalue weighted by Crippen LogP contribution is -2.09. The van der Waals surface area contributed by atoms with Gasteiger partial charge in [0.05, 0.1) is 22.7 Å². The number of azo groups is 1. The summed E-state index contributed by atoms with van der Waals surface area (Å²) in [6.07, 6.45) is 0. The maximum Gasteiger partial charge on any atom is 0.0858 e. The summed E-state index contributed by atoms with van der Waals surface area (Å²) in [6.45, 7) is 6.23. The van der Waals surface area contributed by atoms with Crippen LogP contribution < -0.4 is 10.9 Å². The lowest BCUT2D eigenvalue weighted by Gasteiger charge is -2.12. The van der Waals surface area contributed by atoms with Gasteiger partial charge in [-0.05, 0) is 68.8 Å². The lowest BCUT2D eigenvalue weighted by atomic mass is 10.1. The SMILES string of the molecule is Cc1ccc(N=Nc2ccc(NNc3ccc(C)cc3C)cc2)cc1. The second-order valence-corrected chi connectivity index (χ2v) is 6.15. The molecule has 3 aromatic carbocycles. The summed E-state index contributed by atoms with van der Waals surface area (Å²) >= 11 is 0. The van der Waals surface area contributed by atoms with Crippen molar-refractivity contribution >= 4 is 22.7 Å². The first-order chi connectivity index (χ1) is 12.1. The van der Waals surface area contributed by atoms with Gasteiger partial charge in [-0.1, -0.05) is 35.4 Å². The molecule has 0 aliphatic carbocycles. The fourth-order valence-corrected chi connectivity index (χ4v) is 2.43. The molecular weight excluding hydrogens is 308 g/mol. The molecule has 126 valence electrons. The van der Waals surface area contributed by atoms with Crippen LogP contribution in [0.1, 0.15) is 16.7 Å². The van der Waals surface area contributed by atoms with Crippen LogP contribution >= 0.6 is 0 Å². The summed E-state index contributed by atoms with van der Waals surface area (Å²) in [5.74, 6) is 0. The smallest absolute Gasteiger partial charge is 0.0858 e. The van der Waals surface area contributed by atoms with Crippen LogP contribution in [0.3, 0.4) is 0 Å². The van der Waals surface area contributed by atoms with Crippen molar-refractivity contribution in [1.82, 2.24) is 0 Å². The summed E-state index contributed by atoms with van der Waals surface area (Å²) in [6, 6.07) is 22.1. The molecule has 0 atom stereocenters. The summed E-state index contributed by atoms with van der Waals surface area (Å²) in [4.78, 5) is 0. The van der Waals surface area contributed by atoms with Gasteiger partial charge in [0.15, 0.2) is 0 Å². The molecule has 3 aromatic rings. The molecule has 0 saturated heterocycles. The summed E-state index contributed by atoms with van der Waals surface area (Å²) in [7, 11) is 0. The van der Waals surface area contributed by atoms with E-state index in [1.165, 1.54) is 16.7 Å². The standard InChI is InChI=1S/C21H22N4/c1-15-4-7-18(8-5-15)22-23-19-9-11-20(12-10-19)24-25-21-13-6-16(2)14-17(21)3/h4-14,24-25H,1-3H3. The number of anilines is 2. The number of nitrogens with one attached hydrogen (secondary N) is 2. The van der Waals surface area contributed by atoms with Gasteiger partial charge in [0.1, 0.15) is 0 Å². The second-order valence-electron chi connectivity index (χ2n) is 6.15. The third kappa shape index (κ3) is 4.67. The number of nitrogens with zero attached hydrogens (tertiary/aromatic N) is 2. The molecule has 0 bridgehead atoms. The van der Waals surface area contributed by atoms with Gasteiger partial charge in [-0.2, -0.15) is 10.2 Å². The molecule has 0 amide bonds. The average Bonchev–Trinajstić information content (AvgIpc) is 2.61. The molecule has 4 nitrogen and oxygen atoms in total. The minimum Gasteiger partial charge on any atom is -0.301 e. The topological polar surface area (TPSA) is 48.8 Å². The third-order valence-electron chi connectivity index (χ3n) is 3.91. The van der Waals surface area contributed by atoms with Crippen molar-refractivity contribution in [2.45, 2.75) is 20.8 Å². The van der Waals surface area contributed by atoms with Crippen LogP contribution in [0.25, 0.3) is 0 Å². The fraction of sp³-hybridized carbons (Fsp3) is 0.143. The zero-order chi connectivity index (χ0) is 17.6. The van der Waals surface area contributed by atoms with Gasteiger partial charge in [-0.15, -0.1) is 0 Å². The highest BCUT2D eigenvalue weighted by atomic mass is 15.4. The number of benzene rings is 3. The first kappa shape index (κ1) is 16.7. The number of hydrogen-bond donors (Lipinski definition) is 2. The Morgan fingerprint density at radius 2 is 1.16 bits per heavy atom. The van der Waals surface area contributed by atoms with Crippen LogP contribution in [0.5, 0.6) is 0 Å². The Morgan fingerprint density at radius 3 is 1.76 bits per heavy atom. The van der Waals surface area contributed by atoms with Crippen molar-refractivity contribution in [2.75, 3.05) is 10.9 Å². The minimum absolute atomic E-state index is 0.817. The van der Waals surface area contributed by atoms with Crippen LogP contribution in [0.2, 0.25) is 0 Å². The molecule has 3 rings (SSSR count). The van der Waals surface area contributed by atoms with E-state index in [1.54, 1.807) is 0 Å². The highest BCUT2D eigenvalue weighted by molar-refractivity contribution is 5.58. The van der Waals surface area contributed by atoms with Gasteiger partial charge in [0.25, 0.3) is 0 Å². The number of rotatable bonds is 5. The quantitative estimate of drug-likeness (QED) is 0.416. The predicted octanol–water partition coefficient (Wildman–Crippen LogP) is 6.47. The van der Waals surface area contributed by atoms with Crippen molar-refractivity contribution in [3.63, 3.8) is 0 Å². The van der Waals surface area contributed by atoms with Gasteiger partial charge < -0.3 is 10.9 Å². The predicted molar refractivity (Wildman–Crippen MR) is 105 cm³/mol. The largest absolute Gasteiger partial charge is 0.301 e. The molecule has 0 heterocycles. The molecule has 4 heteroatoms. The Bertz CT molecular complexity index is 865. The number of aryl methyl sites for hydroxylation is 3. The van der Waals surface area contributed by atoms with Crippen molar-refractivity contribution in [2.24, 2.45) is 10.2 Å². The molecule has 0 saturated carbocycles. The first-order valence-electron chi connectivity index (χ1n) is 8.28. The molecule has 0 fully saturated rings. The van der Waals surface area contributed by atoms with E-state index in [4.69, 9.17) is 0 Å². The monoisotopic (exact) mass is 330 g/mol. The van der Waals surface area contributed by atoms with E-state index in [0.29, 0.717) is 0 Å². The molecule has 0 aliphatic heterocycles. The Balaban J connectivity index is 1.61. The molecule has 25 heavy (non-hydrogen) atoms. The van der Waals surface area contributed by atoms with Crippen molar-refractivity contribution in [1.29, 1.82) is 0 Å². The third-order valence-corrected chi connectivity index (χ3v) is 3.91. The van der Waals surface area contributed by atoms with Gasteiger partial charge in [0, 0.05) is 0 Å². The van der Waals surface area contributed by atoms with Crippen LogP contribution in [-0.4, -0.2) is 0 Å². The average molecular weight is 330 g/mol. The lowest BCUT2D eigenvalue weighted by molar-refractivity contribution is 1.23. The Kier molecular flexibility index (Phi) is 5.09.